The molecule has 0 aliphatic carbocycles. The Morgan fingerprint density at radius 1 is 0.607 bits per heavy atom. The summed E-state index contributed by atoms with van der Waals surface area (Å²) in [7, 11) is 0. The number of benzene rings is 2. The van der Waals surface area contributed by atoms with Crippen molar-refractivity contribution in [1.82, 2.24) is 0 Å². The molecule has 10 heteroatoms. The molecule has 0 spiro atoms. The number of hydrogen-bond acceptors (Lipinski definition) is 0. The summed E-state index contributed by atoms with van der Waals surface area (Å²) in [6, 6.07) is 12.5. The fraction of sp³-hybridized carbons (Fsp3) is 0. The number of halogens is 8. The van der Waals surface area contributed by atoms with Crippen LogP contribution in [0.15, 0.2) is 30.3 Å². The minimum atomic E-state index is -2.34. The molecule has 28 heavy (non-hydrogen) atoms. The fourth-order valence-corrected chi connectivity index (χ4v) is 1.71. The van der Waals surface area contributed by atoms with Crippen LogP contribution in [0.2, 0.25) is 0 Å². The van der Waals surface area contributed by atoms with Crippen molar-refractivity contribution >= 4 is 0 Å². The average molecular weight is 492 g/mol. The maximum absolute atomic E-state index is 13.3. The Morgan fingerprint density at radius 3 is 1.18 bits per heavy atom. The third-order valence-corrected chi connectivity index (χ3v) is 2.87. The smallest absolute Gasteiger partial charge is 0 e. The second kappa shape index (κ2) is 11.4. The van der Waals surface area contributed by atoms with Crippen molar-refractivity contribution in [2.24, 2.45) is 0 Å². The average Bonchev–Trinajstić information content (AvgIpc) is 3.26. The van der Waals surface area contributed by atoms with Gasteiger partial charge in [-0.05, 0) is 0 Å². The van der Waals surface area contributed by atoms with Gasteiger partial charge in [0.1, 0.15) is 23.3 Å². The van der Waals surface area contributed by atoms with Gasteiger partial charge in [-0.1, -0.05) is 0 Å². The first kappa shape index (κ1) is 25.6. The molecule has 0 N–H and O–H groups in total. The van der Waals surface area contributed by atoms with Gasteiger partial charge in [-0.3, -0.25) is 17.6 Å². The zero-order valence-corrected chi connectivity index (χ0v) is 14.8. The van der Waals surface area contributed by atoms with Gasteiger partial charge in [-0.15, -0.1) is 0 Å². The van der Waals surface area contributed by atoms with E-state index in [9.17, 15) is 35.1 Å². The summed E-state index contributed by atoms with van der Waals surface area (Å²) < 4.78 is 111. The summed E-state index contributed by atoms with van der Waals surface area (Å²) >= 11 is 0. The fourth-order valence-electron chi connectivity index (χ4n) is 1.71. The van der Waals surface area contributed by atoms with Crippen molar-refractivity contribution in [2.45, 2.75) is 0 Å². The molecule has 0 aliphatic heterocycles. The molecule has 0 aliphatic rings. The van der Waals surface area contributed by atoms with Crippen LogP contribution in [0.3, 0.4) is 0 Å². The molecule has 0 saturated carbocycles. The maximum Gasteiger partial charge on any atom is 0 e. The van der Waals surface area contributed by atoms with Crippen molar-refractivity contribution in [3.05, 3.63) is 95.7 Å². The van der Waals surface area contributed by atoms with Crippen LogP contribution in [0.1, 0.15) is 0 Å². The molecule has 0 fully saturated rings. The van der Waals surface area contributed by atoms with Crippen molar-refractivity contribution in [2.75, 3.05) is 0 Å². The molecule has 0 unspecified atom stereocenters. The van der Waals surface area contributed by atoms with Crippen molar-refractivity contribution in [3.63, 3.8) is 0 Å². The first-order valence-corrected chi connectivity index (χ1v) is 6.63. The normalized spacial score (nSPS) is 9.36. The molecule has 1 radical (unpaired) electrons. The van der Waals surface area contributed by atoms with Gasteiger partial charge in [-0.25, -0.2) is 29.7 Å². The molecule has 3 rings (SSSR count). The quantitative estimate of drug-likeness (QED) is 0.108. The van der Waals surface area contributed by atoms with E-state index in [-0.39, 0.29) is 19.5 Å². The van der Waals surface area contributed by atoms with E-state index in [0.717, 1.165) is 0 Å². The summed E-state index contributed by atoms with van der Waals surface area (Å²) in [5.41, 5.74) is -2.92. The third-order valence-electron chi connectivity index (χ3n) is 2.87. The van der Waals surface area contributed by atoms with Crippen LogP contribution >= 0.6 is 0 Å². The Hall–Kier alpha value is -2.41. The summed E-state index contributed by atoms with van der Waals surface area (Å²) in [4.78, 5) is 0. The second-order valence-electron chi connectivity index (χ2n) is 4.47. The van der Waals surface area contributed by atoms with Gasteiger partial charge in [0.15, 0.2) is 0 Å². The van der Waals surface area contributed by atoms with E-state index in [1.807, 2.05) is 30.3 Å². The van der Waals surface area contributed by atoms with E-state index in [1.165, 1.54) is 12.1 Å². The monoisotopic (exact) mass is 492 g/mol. The van der Waals surface area contributed by atoms with Crippen LogP contribution in [-0.4, -0.2) is 0 Å². The van der Waals surface area contributed by atoms with Crippen molar-refractivity contribution in [3.8, 4) is 11.1 Å². The van der Waals surface area contributed by atoms with E-state index in [2.05, 4.69) is 6.65 Å². The van der Waals surface area contributed by atoms with Gasteiger partial charge < -0.3 is 0 Å². The molecular weight excluding hydrogens is 487 g/mol. The first-order chi connectivity index (χ1) is 12.8. The summed E-state index contributed by atoms with van der Waals surface area (Å²) in [5, 5.41) is 0. The number of hydrogen-bond donors (Lipinski definition) is 0. The second-order valence-corrected chi connectivity index (χ2v) is 4.47. The Morgan fingerprint density at radius 2 is 0.929 bits per heavy atom. The molecule has 151 valence electrons. The molecular formula is C18H5F8ORh-3. The zero-order chi connectivity index (χ0) is 20.7. The standard InChI is InChI=1S/C12F8.C5H5.CO.Rh/c13-5-1-3(7(15)11(19)9(5)17)4-2-6(14)10(18)12(20)8(4)16;1-2-4-5-3-1;1-2;/h;1-5H;;/q-2;-1;;. The summed E-state index contributed by atoms with van der Waals surface area (Å²) in [6.07, 6.45) is 0. The molecule has 3 aromatic rings. The maximum atomic E-state index is 13.3. The van der Waals surface area contributed by atoms with E-state index < -0.39 is 57.7 Å². The molecule has 3 aromatic carbocycles. The molecule has 1 nitrogen and oxygen atoms in total. The largest absolute Gasteiger partial charge is 0.214 e. The Kier molecular flexibility index (Phi) is 10.5. The molecule has 0 bridgehead atoms. The van der Waals surface area contributed by atoms with Crippen LogP contribution in [0.5, 0.6) is 0 Å². The topological polar surface area (TPSA) is 19.9 Å². The van der Waals surface area contributed by atoms with Gasteiger partial charge in [0.05, 0.1) is 11.6 Å². The molecule has 0 atom stereocenters. The van der Waals surface area contributed by atoms with Crippen LogP contribution in [0, 0.1) is 65.3 Å². The Bertz CT molecular complexity index is 860. The van der Waals surface area contributed by atoms with Crippen LogP contribution in [-0.2, 0) is 24.1 Å². The predicted molar refractivity (Wildman–Crippen MR) is 75.2 cm³/mol. The van der Waals surface area contributed by atoms with Gasteiger partial charge in [0.25, 0.3) is 0 Å². The molecule has 0 aromatic heterocycles. The molecule has 0 saturated heterocycles. The first-order valence-electron chi connectivity index (χ1n) is 6.63. The minimum Gasteiger partial charge on any atom is -0.214 e. The molecule has 0 heterocycles. The van der Waals surface area contributed by atoms with Crippen molar-refractivity contribution < 1.29 is 59.3 Å². The minimum absolute atomic E-state index is 0. The Balaban J connectivity index is 0.000000778. The summed E-state index contributed by atoms with van der Waals surface area (Å²) in [5.74, 6) is -17.5. The Labute approximate surface area is 166 Å². The van der Waals surface area contributed by atoms with E-state index in [0.29, 0.717) is 0 Å². The van der Waals surface area contributed by atoms with Crippen LogP contribution in [0.25, 0.3) is 11.1 Å². The van der Waals surface area contributed by atoms with E-state index >= 15 is 0 Å². The predicted octanol–water partition coefficient (Wildman–Crippen LogP) is 5.43. The van der Waals surface area contributed by atoms with Gasteiger partial charge in [-0.2, -0.15) is 41.5 Å². The van der Waals surface area contributed by atoms with Gasteiger partial charge in [0, 0.05) is 31.1 Å². The third kappa shape index (κ3) is 5.55. The van der Waals surface area contributed by atoms with Gasteiger partial charge >= 0.3 is 11.3 Å². The van der Waals surface area contributed by atoms with Crippen LogP contribution < -0.4 is 0 Å². The van der Waals surface area contributed by atoms with Gasteiger partial charge in [0.2, 0.25) is 0 Å². The summed E-state index contributed by atoms with van der Waals surface area (Å²) in [6.45, 7) is 4.50. The zero-order valence-electron chi connectivity index (χ0n) is 13.2. The molecule has 0 amide bonds. The SMILES string of the molecule is Fc1[c-]c(-c2[c-]c(F)c(F)c(F)c2F)c(F)c(F)c1F.[C-]#[O+].[Rh].c1cc[cH-]c1. The van der Waals surface area contributed by atoms with Crippen LogP contribution in [0.4, 0.5) is 35.1 Å². The number of rotatable bonds is 1. The van der Waals surface area contributed by atoms with E-state index in [4.69, 9.17) is 4.65 Å². The van der Waals surface area contributed by atoms with Crippen molar-refractivity contribution in [1.29, 1.82) is 0 Å². The van der Waals surface area contributed by atoms with E-state index in [1.54, 1.807) is 0 Å².